The van der Waals surface area contributed by atoms with E-state index in [0.717, 1.165) is 32.4 Å². The number of aromatic nitrogens is 3. The van der Waals surface area contributed by atoms with Crippen LogP contribution in [-0.2, 0) is 0 Å². The Morgan fingerprint density at radius 3 is 2.71 bits per heavy atom. The van der Waals surface area contributed by atoms with Crippen LogP contribution in [-0.4, -0.2) is 15.0 Å². The van der Waals surface area contributed by atoms with Crippen LogP contribution in [0.4, 0.5) is 0 Å². The number of nitrogens with one attached hydrogen (secondary N) is 1. The number of para-hydroxylation sites is 1. The largest absolute Gasteiger partial charge is 0.337 e. The highest BCUT2D eigenvalue weighted by Gasteiger charge is 2.12. The Hall–Kier alpha value is -1.39. The third kappa shape index (κ3) is 1.73. The summed E-state index contributed by atoms with van der Waals surface area (Å²) in [5.41, 5.74) is 2.77. The maximum Gasteiger partial charge on any atom is 0.150 e. The van der Waals surface area contributed by atoms with Gasteiger partial charge in [0, 0.05) is 0 Å². The Bertz CT molecular complexity index is 699. The molecule has 0 aliphatic heterocycles. The first kappa shape index (κ1) is 10.7. The van der Waals surface area contributed by atoms with Gasteiger partial charge in [0.2, 0.25) is 0 Å². The van der Waals surface area contributed by atoms with Gasteiger partial charge in [-0.25, -0.2) is 9.97 Å². The van der Waals surface area contributed by atoms with Gasteiger partial charge in [0.1, 0.15) is 5.52 Å². The standard InChI is InChI=1S/C12H10ClN3S/c1-6-11(17-7(2)14-6)12-15-9-5-3-4-8(13)10(9)16-12/h3-5H,1-2H3,(H,15,16). The lowest BCUT2D eigenvalue weighted by atomic mass is 10.3. The SMILES string of the molecule is Cc1nc(C)c(-c2nc3c(Cl)cccc3[nH]2)s1. The lowest BCUT2D eigenvalue weighted by molar-refractivity contribution is 1.19. The molecule has 0 amide bonds. The molecule has 0 unspecified atom stereocenters. The first-order valence-electron chi connectivity index (χ1n) is 5.24. The number of thiazole rings is 1. The van der Waals surface area contributed by atoms with Crippen molar-refractivity contribution in [3.05, 3.63) is 33.9 Å². The van der Waals surface area contributed by atoms with Crippen LogP contribution in [0.5, 0.6) is 0 Å². The Morgan fingerprint density at radius 1 is 1.24 bits per heavy atom. The molecule has 1 aromatic carbocycles. The molecular weight excluding hydrogens is 254 g/mol. The molecule has 3 rings (SSSR count). The topological polar surface area (TPSA) is 41.6 Å². The summed E-state index contributed by atoms with van der Waals surface area (Å²) < 4.78 is 0. The minimum absolute atomic E-state index is 0.670. The lowest BCUT2D eigenvalue weighted by Gasteiger charge is -1.90. The molecule has 1 N–H and O–H groups in total. The second-order valence-corrected chi connectivity index (χ2v) is 5.48. The fourth-order valence-corrected chi connectivity index (χ4v) is 2.94. The zero-order valence-electron chi connectivity index (χ0n) is 9.41. The number of hydrogen-bond acceptors (Lipinski definition) is 3. The van der Waals surface area contributed by atoms with E-state index in [2.05, 4.69) is 15.0 Å². The Morgan fingerprint density at radius 2 is 2.06 bits per heavy atom. The average Bonchev–Trinajstić information content (AvgIpc) is 2.82. The highest BCUT2D eigenvalue weighted by atomic mass is 35.5. The van der Waals surface area contributed by atoms with Crippen LogP contribution in [0.2, 0.25) is 5.02 Å². The van der Waals surface area contributed by atoms with Crippen molar-refractivity contribution in [3.8, 4) is 10.7 Å². The molecule has 0 radical (unpaired) electrons. The number of imidazole rings is 1. The zero-order valence-corrected chi connectivity index (χ0v) is 11.0. The maximum absolute atomic E-state index is 6.11. The molecule has 0 saturated carbocycles. The number of H-pyrrole nitrogens is 1. The summed E-state index contributed by atoms with van der Waals surface area (Å²) in [5, 5.41) is 1.72. The summed E-state index contributed by atoms with van der Waals surface area (Å²) >= 11 is 7.75. The Kier molecular flexibility index (Phi) is 2.42. The summed E-state index contributed by atoms with van der Waals surface area (Å²) in [4.78, 5) is 13.3. The molecule has 0 saturated heterocycles. The lowest BCUT2D eigenvalue weighted by Crippen LogP contribution is -1.79. The van der Waals surface area contributed by atoms with Gasteiger partial charge in [-0.15, -0.1) is 11.3 Å². The molecule has 2 heterocycles. The van der Waals surface area contributed by atoms with Crippen molar-refractivity contribution in [1.29, 1.82) is 0 Å². The van der Waals surface area contributed by atoms with Crippen molar-refractivity contribution in [1.82, 2.24) is 15.0 Å². The van der Waals surface area contributed by atoms with Gasteiger partial charge < -0.3 is 4.98 Å². The number of aryl methyl sites for hydroxylation is 2. The monoisotopic (exact) mass is 263 g/mol. The highest BCUT2D eigenvalue weighted by molar-refractivity contribution is 7.15. The van der Waals surface area contributed by atoms with E-state index in [-0.39, 0.29) is 0 Å². The summed E-state index contributed by atoms with van der Waals surface area (Å²) in [6, 6.07) is 5.73. The van der Waals surface area contributed by atoms with Gasteiger partial charge in [0.15, 0.2) is 5.82 Å². The number of halogens is 1. The van der Waals surface area contributed by atoms with Crippen LogP contribution < -0.4 is 0 Å². The number of fused-ring (bicyclic) bond motifs is 1. The van der Waals surface area contributed by atoms with Gasteiger partial charge in [-0.05, 0) is 26.0 Å². The number of rotatable bonds is 1. The van der Waals surface area contributed by atoms with Gasteiger partial charge in [0.05, 0.1) is 26.1 Å². The van der Waals surface area contributed by atoms with Crippen molar-refractivity contribution in [2.75, 3.05) is 0 Å². The minimum atomic E-state index is 0.670. The molecule has 0 spiro atoms. The summed E-state index contributed by atoms with van der Waals surface area (Å²) in [6.07, 6.45) is 0. The maximum atomic E-state index is 6.11. The molecule has 0 bridgehead atoms. The Labute approximate surface area is 107 Å². The molecule has 0 aliphatic carbocycles. The highest BCUT2D eigenvalue weighted by Crippen LogP contribution is 2.30. The van der Waals surface area contributed by atoms with Crippen LogP contribution in [0.3, 0.4) is 0 Å². The van der Waals surface area contributed by atoms with Crippen LogP contribution >= 0.6 is 22.9 Å². The normalized spacial score (nSPS) is 11.2. The van der Waals surface area contributed by atoms with Crippen molar-refractivity contribution in [2.24, 2.45) is 0 Å². The van der Waals surface area contributed by atoms with Gasteiger partial charge in [-0.2, -0.15) is 0 Å². The fraction of sp³-hybridized carbons (Fsp3) is 0.167. The number of benzene rings is 1. The van der Waals surface area contributed by atoms with Crippen molar-refractivity contribution in [3.63, 3.8) is 0 Å². The van der Waals surface area contributed by atoms with Gasteiger partial charge in [-0.3, -0.25) is 0 Å². The van der Waals surface area contributed by atoms with Crippen LogP contribution in [0, 0.1) is 13.8 Å². The molecular formula is C12H10ClN3S. The van der Waals surface area contributed by atoms with Gasteiger partial charge in [0.25, 0.3) is 0 Å². The predicted octanol–water partition coefficient (Wildman–Crippen LogP) is 3.96. The van der Waals surface area contributed by atoms with E-state index in [1.165, 1.54) is 0 Å². The molecule has 17 heavy (non-hydrogen) atoms. The van der Waals surface area contributed by atoms with Gasteiger partial charge >= 0.3 is 0 Å². The van der Waals surface area contributed by atoms with E-state index in [1.807, 2.05) is 32.0 Å². The predicted molar refractivity (Wildman–Crippen MR) is 71.7 cm³/mol. The van der Waals surface area contributed by atoms with Crippen LogP contribution in [0.15, 0.2) is 18.2 Å². The number of aromatic amines is 1. The smallest absolute Gasteiger partial charge is 0.150 e. The second kappa shape index (κ2) is 3.82. The van der Waals surface area contributed by atoms with E-state index in [9.17, 15) is 0 Å². The van der Waals surface area contributed by atoms with Crippen LogP contribution in [0.25, 0.3) is 21.7 Å². The third-order valence-electron chi connectivity index (χ3n) is 2.58. The summed E-state index contributed by atoms with van der Waals surface area (Å²) in [5.74, 6) is 0.844. The molecule has 0 fully saturated rings. The first-order chi connectivity index (χ1) is 8.15. The molecule has 0 aliphatic rings. The summed E-state index contributed by atoms with van der Waals surface area (Å²) in [7, 11) is 0. The Balaban J connectivity index is 2.25. The average molecular weight is 264 g/mol. The fourth-order valence-electron chi connectivity index (χ4n) is 1.86. The van der Waals surface area contributed by atoms with E-state index in [1.54, 1.807) is 11.3 Å². The molecule has 5 heteroatoms. The van der Waals surface area contributed by atoms with Crippen molar-refractivity contribution < 1.29 is 0 Å². The van der Waals surface area contributed by atoms with Gasteiger partial charge in [-0.1, -0.05) is 17.7 Å². The summed E-state index contributed by atoms with van der Waals surface area (Å²) in [6.45, 7) is 3.99. The molecule has 86 valence electrons. The third-order valence-corrected chi connectivity index (χ3v) is 3.97. The molecule has 3 nitrogen and oxygen atoms in total. The van der Waals surface area contributed by atoms with E-state index in [4.69, 9.17) is 11.6 Å². The van der Waals surface area contributed by atoms with Crippen LogP contribution in [0.1, 0.15) is 10.7 Å². The molecule has 2 aromatic heterocycles. The zero-order chi connectivity index (χ0) is 12.0. The van der Waals surface area contributed by atoms with E-state index < -0.39 is 0 Å². The second-order valence-electron chi connectivity index (χ2n) is 3.87. The number of hydrogen-bond donors (Lipinski definition) is 1. The van der Waals surface area contributed by atoms with Crippen molar-refractivity contribution >= 4 is 34.0 Å². The van der Waals surface area contributed by atoms with E-state index in [0.29, 0.717) is 5.02 Å². The van der Waals surface area contributed by atoms with Crippen molar-refractivity contribution in [2.45, 2.75) is 13.8 Å². The first-order valence-corrected chi connectivity index (χ1v) is 6.43. The number of nitrogens with zero attached hydrogens (tertiary/aromatic N) is 2. The quantitative estimate of drug-likeness (QED) is 0.722. The molecule has 3 aromatic rings. The minimum Gasteiger partial charge on any atom is -0.337 e. The van der Waals surface area contributed by atoms with E-state index >= 15 is 0 Å². The molecule has 0 atom stereocenters.